The summed E-state index contributed by atoms with van der Waals surface area (Å²) in [7, 11) is 0. The van der Waals surface area contributed by atoms with Crippen molar-refractivity contribution in [3.8, 4) is 5.75 Å². The fourth-order valence-electron chi connectivity index (χ4n) is 2.29. The largest absolute Gasteiger partial charge is 0.502 e. The van der Waals surface area contributed by atoms with Crippen molar-refractivity contribution >= 4 is 11.6 Å². The molecular formula is C13H16N2O4. The zero-order valence-electron chi connectivity index (χ0n) is 10.9. The van der Waals surface area contributed by atoms with Crippen LogP contribution in [0.4, 0.5) is 5.69 Å². The molecule has 0 aromatic heterocycles. The quantitative estimate of drug-likeness (QED) is 0.654. The Morgan fingerprint density at radius 2 is 1.95 bits per heavy atom. The van der Waals surface area contributed by atoms with Crippen LogP contribution < -0.4 is 0 Å². The smallest absolute Gasteiger partial charge is 0.310 e. The first-order chi connectivity index (χ1) is 8.90. The molecule has 102 valence electrons. The fraction of sp³-hybridized carbons (Fsp3) is 0.462. The van der Waals surface area contributed by atoms with Crippen molar-refractivity contribution in [1.29, 1.82) is 0 Å². The fourth-order valence-corrected chi connectivity index (χ4v) is 2.29. The predicted molar refractivity (Wildman–Crippen MR) is 69.0 cm³/mol. The lowest BCUT2D eigenvalue weighted by atomic mass is 10.0. The highest BCUT2D eigenvalue weighted by molar-refractivity contribution is 5.95. The third-order valence-corrected chi connectivity index (χ3v) is 3.69. The van der Waals surface area contributed by atoms with Gasteiger partial charge in [-0.1, -0.05) is 13.8 Å². The van der Waals surface area contributed by atoms with Crippen LogP contribution in [0.25, 0.3) is 0 Å². The molecule has 0 aliphatic carbocycles. The highest BCUT2D eigenvalue weighted by Gasteiger charge is 2.30. The van der Waals surface area contributed by atoms with Crippen molar-refractivity contribution in [3.05, 3.63) is 33.9 Å². The van der Waals surface area contributed by atoms with Gasteiger partial charge in [-0.25, -0.2) is 0 Å². The summed E-state index contributed by atoms with van der Waals surface area (Å²) in [6.45, 7) is 5.53. The molecule has 6 nitrogen and oxygen atoms in total. The molecule has 1 saturated heterocycles. The van der Waals surface area contributed by atoms with E-state index in [2.05, 4.69) is 13.8 Å². The van der Waals surface area contributed by atoms with Gasteiger partial charge in [0.1, 0.15) is 0 Å². The molecule has 2 rings (SSSR count). The van der Waals surface area contributed by atoms with E-state index in [9.17, 15) is 20.0 Å². The summed E-state index contributed by atoms with van der Waals surface area (Å²) >= 11 is 0. The Balaban J connectivity index is 2.21. The van der Waals surface area contributed by atoms with Crippen molar-refractivity contribution in [3.63, 3.8) is 0 Å². The first-order valence-electron chi connectivity index (χ1n) is 6.17. The van der Waals surface area contributed by atoms with Gasteiger partial charge in [-0.05, 0) is 24.0 Å². The van der Waals surface area contributed by atoms with Gasteiger partial charge in [0.2, 0.25) is 0 Å². The van der Waals surface area contributed by atoms with Crippen LogP contribution in [-0.4, -0.2) is 33.9 Å². The second-order valence-electron chi connectivity index (χ2n) is 5.13. The Bertz CT molecular complexity index is 519. The zero-order valence-corrected chi connectivity index (χ0v) is 10.9. The second kappa shape index (κ2) is 4.87. The number of amides is 1. The van der Waals surface area contributed by atoms with Crippen molar-refractivity contribution < 1.29 is 14.8 Å². The van der Waals surface area contributed by atoms with Crippen LogP contribution in [0.1, 0.15) is 24.2 Å². The van der Waals surface area contributed by atoms with Crippen LogP contribution in [0.15, 0.2) is 18.2 Å². The molecule has 1 aromatic rings. The number of likely N-dealkylation sites (tertiary alicyclic amines) is 1. The maximum Gasteiger partial charge on any atom is 0.310 e. The maximum atomic E-state index is 12.2. The van der Waals surface area contributed by atoms with Crippen molar-refractivity contribution in [1.82, 2.24) is 4.90 Å². The van der Waals surface area contributed by atoms with Crippen LogP contribution in [0, 0.1) is 22.0 Å². The van der Waals surface area contributed by atoms with Gasteiger partial charge in [-0.15, -0.1) is 0 Å². The zero-order chi connectivity index (χ0) is 14.2. The molecule has 2 unspecified atom stereocenters. The molecule has 0 radical (unpaired) electrons. The van der Waals surface area contributed by atoms with Crippen molar-refractivity contribution in [2.75, 3.05) is 13.1 Å². The number of nitrogens with zero attached hydrogens (tertiary/aromatic N) is 2. The molecular weight excluding hydrogens is 248 g/mol. The molecule has 6 heteroatoms. The average Bonchev–Trinajstić information content (AvgIpc) is 2.68. The normalized spacial score (nSPS) is 22.5. The predicted octanol–water partition coefficient (Wildman–Crippen LogP) is 2.03. The standard InChI is InChI=1S/C13H16N2O4/c1-8-6-14(7-9(8)2)13(17)10-3-4-11(15(18)19)12(16)5-10/h3-5,8-9,16H,6-7H2,1-2H3. The number of benzene rings is 1. The van der Waals surface area contributed by atoms with Crippen molar-refractivity contribution in [2.45, 2.75) is 13.8 Å². The summed E-state index contributed by atoms with van der Waals surface area (Å²) in [6, 6.07) is 3.70. The number of aromatic hydroxyl groups is 1. The van der Waals surface area contributed by atoms with E-state index in [-0.39, 0.29) is 17.2 Å². The first-order valence-corrected chi connectivity index (χ1v) is 6.17. The van der Waals surface area contributed by atoms with E-state index < -0.39 is 10.7 Å². The summed E-state index contributed by atoms with van der Waals surface area (Å²) in [6.07, 6.45) is 0. The van der Waals surface area contributed by atoms with Gasteiger partial charge in [0, 0.05) is 24.7 Å². The van der Waals surface area contributed by atoms with Gasteiger partial charge in [-0.2, -0.15) is 0 Å². The van der Waals surface area contributed by atoms with Crippen LogP contribution in [0.2, 0.25) is 0 Å². The highest BCUT2D eigenvalue weighted by Crippen LogP contribution is 2.28. The minimum Gasteiger partial charge on any atom is -0.502 e. The first kappa shape index (κ1) is 13.3. The second-order valence-corrected chi connectivity index (χ2v) is 5.13. The van der Waals surface area contributed by atoms with E-state index in [4.69, 9.17) is 0 Å². The molecule has 1 aliphatic heterocycles. The number of hydrogen-bond donors (Lipinski definition) is 1. The molecule has 1 heterocycles. The van der Waals surface area contributed by atoms with E-state index in [1.54, 1.807) is 4.90 Å². The van der Waals surface area contributed by atoms with Crippen LogP contribution in [0.5, 0.6) is 5.75 Å². The lowest BCUT2D eigenvalue weighted by molar-refractivity contribution is -0.385. The summed E-state index contributed by atoms with van der Waals surface area (Å²) in [5.74, 6) is 0.212. The minimum absolute atomic E-state index is 0.193. The lowest BCUT2D eigenvalue weighted by Crippen LogP contribution is -2.28. The summed E-state index contributed by atoms with van der Waals surface area (Å²) in [5.41, 5.74) is -0.107. The molecule has 0 spiro atoms. The molecule has 1 aromatic carbocycles. The molecule has 1 aliphatic rings. The number of carbonyl (C=O) groups is 1. The van der Waals surface area contributed by atoms with E-state index in [0.717, 1.165) is 12.1 Å². The highest BCUT2D eigenvalue weighted by atomic mass is 16.6. The van der Waals surface area contributed by atoms with E-state index >= 15 is 0 Å². The van der Waals surface area contributed by atoms with Crippen molar-refractivity contribution in [2.24, 2.45) is 11.8 Å². The molecule has 1 N–H and O–H groups in total. The lowest BCUT2D eigenvalue weighted by Gasteiger charge is -2.16. The number of phenols is 1. The number of nitro groups is 1. The number of phenolic OH excluding ortho intramolecular Hbond substituents is 1. The van der Waals surface area contributed by atoms with Gasteiger partial charge in [0.25, 0.3) is 5.91 Å². The molecule has 2 atom stereocenters. The third kappa shape index (κ3) is 2.52. The Morgan fingerprint density at radius 1 is 1.37 bits per heavy atom. The van der Waals surface area contributed by atoms with E-state index in [0.29, 0.717) is 24.9 Å². The molecule has 1 amide bonds. The Labute approximate surface area is 110 Å². The van der Waals surface area contributed by atoms with E-state index in [1.165, 1.54) is 6.07 Å². The Hall–Kier alpha value is -2.11. The van der Waals surface area contributed by atoms with Gasteiger partial charge in [0.15, 0.2) is 5.75 Å². The summed E-state index contributed by atoms with van der Waals surface area (Å²) in [5, 5.41) is 20.1. The van der Waals surface area contributed by atoms with E-state index in [1.807, 2.05) is 0 Å². The SMILES string of the molecule is CC1CN(C(=O)c2ccc([N+](=O)[O-])c(O)c2)CC1C. The number of rotatable bonds is 2. The summed E-state index contributed by atoms with van der Waals surface area (Å²) < 4.78 is 0. The van der Waals surface area contributed by atoms with Crippen LogP contribution in [-0.2, 0) is 0 Å². The molecule has 0 bridgehead atoms. The van der Waals surface area contributed by atoms with Crippen LogP contribution in [0.3, 0.4) is 0 Å². The Morgan fingerprint density at radius 3 is 2.42 bits per heavy atom. The van der Waals surface area contributed by atoms with Gasteiger partial charge >= 0.3 is 5.69 Å². The molecule has 0 saturated carbocycles. The van der Waals surface area contributed by atoms with Gasteiger partial charge < -0.3 is 10.0 Å². The van der Waals surface area contributed by atoms with Gasteiger partial charge in [0.05, 0.1) is 4.92 Å². The number of carbonyl (C=O) groups excluding carboxylic acids is 1. The third-order valence-electron chi connectivity index (χ3n) is 3.69. The minimum atomic E-state index is -0.677. The molecule has 1 fully saturated rings. The number of nitro benzene ring substituents is 1. The van der Waals surface area contributed by atoms with Crippen LogP contribution >= 0.6 is 0 Å². The average molecular weight is 264 g/mol. The van der Waals surface area contributed by atoms with Gasteiger partial charge in [-0.3, -0.25) is 14.9 Å². The maximum absolute atomic E-state index is 12.2. The topological polar surface area (TPSA) is 83.7 Å². The summed E-state index contributed by atoms with van der Waals surface area (Å²) in [4.78, 5) is 23.9. The Kier molecular flexibility index (Phi) is 3.42. The monoisotopic (exact) mass is 264 g/mol. The number of hydrogen-bond acceptors (Lipinski definition) is 4. The molecule has 19 heavy (non-hydrogen) atoms.